The largest absolute Gasteiger partial charge is 0.339 e. The molecule has 0 aliphatic heterocycles. The number of anilines is 3. The Labute approximate surface area is 191 Å². The van der Waals surface area contributed by atoms with Crippen LogP contribution in [-0.4, -0.2) is 28.4 Å². The number of nitrogens with zero attached hydrogens (tertiary/aromatic N) is 4. The first-order valence-corrected chi connectivity index (χ1v) is 11.6. The van der Waals surface area contributed by atoms with Gasteiger partial charge in [-0.3, -0.25) is 4.72 Å². The van der Waals surface area contributed by atoms with E-state index >= 15 is 0 Å². The van der Waals surface area contributed by atoms with Crippen LogP contribution in [0.15, 0.2) is 65.6 Å². The molecule has 2 aromatic heterocycles. The third kappa shape index (κ3) is 4.58. The maximum Gasteiger partial charge on any atom is 0.261 e. The number of aryl methyl sites for hydroxylation is 1. The fourth-order valence-corrected chi connectivity index (χ4v) is 4.23. The normalized spacial score (nSPS) is 11.4. The minimum absolute atomic E-state index is 0.136. The van der Waals surface area contributed by atoms with E-state index < -0.39 is 10.0 Å². The van der Waals surface area contributed by atoms with E-state index in [1.54, 1.807) is 28.9 Å². The molecule has 0 saturated heterocycles. The van der Waals surface area contributed by atoms with Crippen molar-refractivity contribution in [2.45, 2.75) is 25.7 Å². The van der Waals surface area contributed by atoms with Gasteiger partial charge in [0.1, 0.15) is 0 Å². The molecule has 0 radical (unpaired) electrons. The van der Waals surface area contributed by atoms with Gasteiger partial charge in [0, 0.05) is 22.1 Å². The first-order valence-electron chi connectivity index (χ1n) is 9.75. The highest BCUT2D eigenvalue weighted by molar-refractivity contribution is 7.92. The second-order valence-electron chi connectivity index (χ2n) is 7.25. The first-order chi connectivity index (χ1) is 15.2. The Morgan fingerprint density at radius 1 is 0.844 bits per heavy atom. The van der Waals surface area contributed by atoms with Crippen molar-refractivity contribution in [3.8, 4) is 5.82 Å². The summed E-state index contributed by atoms with van der Waals surface area (Å²) >= 11 is 5.82. The lowest BCUT2D eigenvalue weighted by atomic mass is 10.2. The molecule has 2 heterocycles. The number of sulfonamides is 1. The molecule has 4 rings (SSSR count). The molecule has 164 valence electrons. The highest BCUT2D eigenvalue weighted by atomic mass is 35.5. The van der Waals surface area contributed by atoms with Crippen molar-refractivity contribution in [3.05, 3.63) is 82.6 Å². The molecule has 0 amide bonds. The third-order valence-electron chi connectivity index (χ3n) is 5.05. The van der Waals surface area contributed by atoms with Gasteiger partial charge in [0.05, 0.1) is 10.6 Å². The van der Waals surface area contributed by atoms with Crippen LogP contribution in [0.1, 0.15) is 17.0 Å². The predicted molar refractivity (Wildman–Crippen MR) is 125 cm³/mol. The van der Waals surface area contributed by atoms with Crippen LogP contribution in [-0.2, 0) is 10.0 Å². The maximum atomic E-state index is 12.5. The summed E-state index contributed by atoms with van der Waals surface area (Å²) < 4.78 is 29.3. The first kappa shape index (κ1) is 21.8. The monoisotopic (exact) mass is 468 g/mol. The molecule has 2 aromatic carbocycles. The summed E-state index contributed by atoms with van der Waals surface area (Å²) in [6, 6.07) is 16.4. The zero-order chi connectivity index (χ0) is 22.9. The summed E-state index contributed by atoms with van der Waals surface area (Å²) in [5.41, 5.74) is 4.28. The number of halogens is 1. The Hall–Kier alpha value is -3.43. The fraction of sp³-hybridized carbons (Fsp3) is 0.136. The molecular weight excluding hydrogens is 448 g/mol. The summed E-state index contributed by atoms with van der Waals surface area (Å²) in [5, 5.41) is 16.6. The smallest absolute Gasteiger partial charge is 0.261 e. The lowest BCUT2D eigenvalue weighted by Crippen LogP contribution is -2.12. The molecule has 8 nitrogen and oxygen atoms in total. The molecule has 0 bridgehead atoms. The van der Waals surface area contributed by atoms with Gasteiger partial charge in [0.2, 0.25) is 0 Å². The molecule has 0 saturated carbocycles. The van der Waals surface area contributed by atoms with Gasteiger partial charge < -0.3 is 5.32 Å². The number of rotatable bonds is 6. The average Bonchev–Trinajstić information content (AvgIpc) is 3.03. The van der Waals surface area contributed by atoms with Gasteiger partial charge >= 0.3 is 0 Å². The van der Waals surface area contributed by atoms with E-state index in [-0.39, 0.29) is 4.90 Å². The Morgan fingerprint density at radius 3 is 2.06 bits per heavy atom. The lowest BCUT2D eigenvalue weighted by Gasteiger charge is -2.10. The molecule has 0 aliphatic carbocycles. The van der Waals surface area contributed by atoms with Gasteiger partial charge in [0.15, 0.2) is 11.6 Å². The van der Waals surface area contributed by atoms with Gasteiger partial charge in [-0.25, -0.2) is 13.1 Å². The minimum atomic E-state index is -3.70. The highest BCUT2D eigenvalue weighted by Gasteiger charge is 2.14. The zero-order valence-electron chi connectivity index (χ0n) is 17.7. The Balaban J connectivity index is 1.44. The Morgan fingerprint density at radius 2 is 1.50 bits per heavy atom. The van der Waals surface area contributed by atoms with Crippen molar-refractivity contribution in [1.29, 1.82) is 0 Å². The zero-order valence-corrected chi connectivity index (χ0v) is 19.2. The molecule has 0 fully saturated rings. The van der Waals surface area contributed by atoms with E-state index in [9.17, 15) is 8.42 Å². The van der Waals surface area contributed by atoms with Crippen LogP contribution in [0.3, 0.4) is 0 Å². The van der Waals surface area contributed by atoms with Crippen LogP contribution in [0.5, 0.6) is 0 Å². The molecule has 0 atom stereocenters. The van der Waals surface area contributed by atoms with Crippen molar-refractivity contribution >= 4 is 38.8 Å². The van der Waals surface area contributed by atoms with Crippen molar-refractivity contribution in [1.82, 2.24) is 20.0 Å². The summed E-state index contributed by atoms with van der Waals surface area (Å²) in [6.07, 6.45) is 0. The summed E-state index contributed by atoms with van der Waals surface area (Å²) in [5.74, 6) is 1.19. The molecule has 0 unspecified atom stereocenters. The van der Waals surface area contributed by atoms with Gasteiger partial charge in [-0.2, -0.15) is 5.10 Å². The number of hydrogen-bond acceptors (Lipinski definition) is 6. The maximum absolute atomic E-state index is 12.5. The van der Waals surface area contributed by atoms with Crippen LogP contribution >= 0.6 is 11.6 Å². The van der Waals surface area contributed by atoms with Crippen LogP contribution in [0.25, 0.3) is 5.82 Å². The standard InChI is InChI=1S/C22H21ClN6O2S/c1-14-15(2)27-29(16(14)3)22-13-12-21(25-26-22)24-18-6-8-19(9-7-18)28-32(30,31)20-10-4-17(23)5-11-20/h4-13,28H,1-3H3,(H,24,25). The number of nitrogens with one attached hydrogen (secondary N) is 2. The SMILES string of the molecule is Cc1nn(-c2ccc(Nc3ccc(NS(=O)(=O)c4ccc(Cl)cc4)cc3)nn2)c(C)c1C. The quantitative estimate of drug-likeness (QED) is 0.422. The van der Waals surface area contributed by atoms with Crippen molar-refractivity contribution in [2.75, 3.05) is 10.0 Å². The predicted octanol–water partition coefficient (Wildman–Crippen LogP) is 4.79. The van der Waals surface area contributed by atoms with Crippen LogP contribution in [0.2, 0.25) is 5.02 Å². The van der Waals surface area contributed by atoms with Gasteiger partial charge in [0.25, 0.3) is 10.0 Å². The minimum Gasteiger partial charge on any atom is -0.339 e. The molecule has 0 spiro atoms. The molecular formula is C22H21ClN6O2S. The molecule has 4 aromatic rings. The van der Waals surface area contributed by atoms with Gasteiger partial charge in [-0.05, 0) is 87.0 Å². The Bertz CT molecular complexity index is 1350. The topological polar surface area (TPSA) is 102 Å². The van der Waals surface area contributed by atoms with Crippen LogP contribution in [0, 0.1) is 20.8 Å². The highest BCUT2D eigenvalue weighted by Crippen LogP contribution is 2.22. The molecule has 0 aliphatic rings. The van der Waals surface area contributed by atoms with E-state index in [0.717, 1.165) is 22.6 Å². The average molecular weight is 469 g/mol. The van der Waals surface area contributed by atoms with E-state index in [4.69, 9.17) is 11.6 Å². The van der Waals surface area contributed by atoms with E-state index in [1.165, 1.54) is 24.3 Å². The fourth-order valence-electron chi connectivity index (χ4n) is 3.05. The molecule has 32 heavy (non-hydrogen) atoms. The number of hydrogen-bond donors (Lipinski definition) is 2. The van der Waals surface area contributed by atoms with E-state index in [1.807, 2.05) is 32.9 Å². The summed E-state index contributed by atoms with van der Waals surface area (Å²) in [4.78, 5) is 0.136. The van der Waals surface area contributed by atoms with Gasteiger partial charge in [-0.15, -0.1) is 10.2 Å². The van der Waals surface area contributed by atoms with Crippen LogP contribution in [0.4, 0.5) is 17.2 Å². The molecule has 10 heteroatoms. The van der Waals surface area contributed by atoms with E-state index in [2.05, 4.69) is 25.3 Å². The second-order valence-corrected chi connectivity index (χ2v) is 9.37. The summed E-state index contributed by atoms with van der Waals surface area (Å²) in [7, 11) is -3.70. The van der Waals surface area contributed by atoms with Crippen molar-refractivity contribution in [3.63, 3.8) is 0 Å². The molecule has 2 N–H and O–H groups in total. The lowest BCUT2D eigenvalue weighted by molar-refractivity contribution is 0.601. The number of benzene rings is 2. The second kappa shape index (κ2) is 8.60. The Kier molecular flexibility index (Phi) is 5.86. The van der Waals surface area contributed by atoms with Crippen molar-refractivity contribution in [2.24, 2.45) is 0 Å². The summed E-state index contributed by atoms with van der Waals surface area (Å²) in [6.45, 7) is 5.98. The van der Waals surface area contributed by atoms with Crippen molar-refractivity contribution < 1.29 is 8.42 Å². The van der Waals surface area contributed by atoms with E-state index in [0.29, 0.717) is 22.3 Å². The third-order valence-corrected chi connectivity index (χ3v) is 6.70. The van der Waals surface area contributed by atoms with Crippen LogP contribution < -0.4 is 10.0 Å². The number of aromatic nitrogens is 4. The van der Waals surface area contributed by atoms with Gasteiger partial charge in [-0.1, -0.05) is 11.6 Å².